The summed E-state index contributed by atoms with van der Waals surface area (Å²) in [6.07, 6.45) is -0.666. The number of carbonyl (C=O) groups excluding carboxylic acids is 1. The van der Waals surface area contributed by atoms with Crippen molar-refractivity contribution in [2.75, 3.05) is 5.32 Å². The molecule has 7 nitrogen and oxygen atoms in total. The number of hydrogen-bond donors (Lipinski definition) is 2. The molecule has 0 aliphatic carbocycles. The van der Waals surface area contributed by atoms with Crippen LogP contribution in [0.25, 0.3) is 0 Å². The first-order valence-corrected chi connectivity index (χ1v) is 5.54. The molecule has 0 aromatic carbocycles. The summed E-state index contributed by atoms with van der Waals surface area (Å²) in [5.41, 5.74) is -0.601. The fourth-order valence-corrected chi connectivity index (χ4v) is 1.30. The zero-order valence-electron chi connectivity index (χ0n) is 10.9. The van der Waals surface area contributed by atoms with Gasteiger partial charge in [0, 0.05) is 12.6 Å². The summed E-state index contributed by atoms with van der Waals surface area (Å²) < 4.78 is 6.32. The molecule has 0 unspecified atom stereocenters. The number of carboxylic acids is 1. The number of anilines is 1. The van der Waals surface area contributed by atoms with Gasteiger partial charge in [-0.3, -0.25) is 10.00 Å². The zero-order valence-corrected chi connectivity index (χ0v) is 10.9. The maximum Gasteiger partial charge on any atom is 0.413 e. The predicted molar refractivity (Wildman–Crippen MR) is 64.7 cm³/mol. The molecule has 1 aromatic heterocycles. The lowest BCUT2D eigenvalue weighted by atomic mass is 10.2. The summed E-state index contributed by atoms with van der Waals surface area (Å²) in [6.45, 7) is 7.37. The van der Waals surface area contributed by atoms with Gasteiger partial charge in [-0.1, -0.05) is 0 Å². The second-order valence-electron chi connectivity index (χ2n) is 4.66. The number of hydrogen-bond acceptors (Lipinski definition) is 4. The average Bonchev–Trinajstić information content (AvgIpc) is 2.57. The van der Waals surface area contributed by atoms with Crippen LogP contribution in [0.5, 0.6) is 0 Å². The highest BCUT2D eigenvalue weighted by molar-refractivity contribution is 5.89. The molecular formula is C11H17N3O4. The molecule has 0 spiro atoms. The van der Waals surface area contributed by atoms with E-state index in [2.05, 4.69) is 10.4 Å². The molecule has 0 saturated heterocycles. The predicted octanol–water partition coefficient (Wildman–Crippen LogP) is 1.95. The van der Waals surface area contributed by atoms with E-state index < -0.39 is 17.7 Å². The highest BCUT2D eigenvalue weighted by Crippen LogP contribution is 2.12. The number of amides is 1. The van der Waals surface area contributed by atoms with Crippen LogP contribution in [0, 0.1) is 0 Å². The van der Waals surface area contributed by atoms with E-state index in [1.807, 2.05) is 0 Å². The van der Waals surface area contributed by atoms with Crippen molar-refractivity contribution in [3.8, 4) is 0 Å². The summed E-state index contributed by atoms with van der Waals surface area (Å²) in [7, 11) is 0. The summed E-state index contributed by atoms with van der Waals surface area (Å²) in [5, 5.41) is 15.3. The number of ether oxygens (including phenoxy) is 1. The van der Waals surface area contributed by atoms with Crippen LogP contribution >= 0.6 is 0 Å². The van der Waals surface area contributed by atoms with Crippen molar-refractivity contribution >= 4 is 17.9 Å². The standard InChI is InChI=1S/C11H17N3O4/c1-5-14-7(9(15)16)6-8(13-14)12-10(17)18-11(2,3)4/h6H,5H2,1-4H3,(H,15,16)(H,12,13,17). The zero-order chi connectivity index (χ0) is 13.9. The lowest BCUT2D eigenvalue weighted by Gasteiger charge is -2.18. The summed E-state index contributed by atoms with van der Waals surface area (Å²) in [6, 6.07) is 1.29. The number of aryl methyl sites for hydroxylation is 1. The molecule has 100 valence electrons. The SMILES string of the molecule is CCn1nc(NC(=O)OC(C)(C)C)cc1C(=O)O. The Morgan fingerprint density at radius 1 is 1.50 bits per heavy atom. The molecule has 0 aliphatic heterocycles. The smallest absolute Gasteiger partial charge is 0.413 e. The van der Waals surface area contributed by atoms with Crippen molar-refractivity contribution < 1.29 is 19.4 Å². The molecule has 0 atom stereocenters. The number of nitrogens with one attached hydrogen (secondary N) is 1. The van der Waals surface area contributed by atoms with Gasteiger partial charge >= 0.3 is 12.1 Å². The molecule has 2 N–H and O–H groups in total. The monoisotopic (exact) mass is 255 g/mol. The molecule has 1 aromatic rings. The van der Waals surface area contributed by atoms with Gasteiger partial charge in [-0.05, 0) is 27.7 Å². The van der Waals surface area contributed by atoms with Gasteiger partial charge in [0.05, 0.1) is 0 Å². The van der Waals surface area contributed by atoms with Gasteiger partial charge in [0.25, 0.3) is 0 Å². The number of aromatic nitrogens is 2. The maximum absolute atomic E-state index is 11.5. The molecule has 1 rings (SSSR count). The van der Waals surface area contributed by atoms with Gasteiger partial charge in [0.1, 0.15) is 11.3 Å². The molecule has 0 saturated carbocycles. The Bertz CT molecular complexity index is 459. The Morgan fingerprint density at radius 3 is 2.50 bits per heavy atom. The van der Waals surface area contributed by atoms with Crippen molar-refractivity contribution in [3.63, 3.8) is 0 Å². The van der Waals surface area contributed by atoms with Crippen molar-refractivity contribution in [2.45, 2.75) is 39.8 Å². The van der Waals surface area contributed by atoms with Crippen LogP contribution in [0.2, 0.25) is 0 Å². The second-order valence-corrected chi connectivity index (χ2v) is 4.66. The Morgan fingerprint density at radius 2 is 2.11 bits per heavy atom. The van der Waals surface area contributed by atoms with Crippen LogP contribution in [0.4, 0.5) is 10.6 Å². The molecular weight excluding hydrogens is 238 g/mol. The number of carbonyl (C=O) groups is 2. The molecule has 1 amide bonds. The van der Waals surface area contributed by atoms with E-state index in [4.69, 9.17) is 9.84 Å². The molecule has 0 bridgehead atoms. The van der Waals surface area contributed by atoms with Crippen LogP contribution in [-0.4, -0.2) is 32.6 Å². The van der Waals surface area contributed by atoms with E-state index in [1.54, 1.807) is 27.7 Å². The molecule has 0 radical (unpaired) electrons. The van der Waals surface area contributed by atoms with Gasteiger partial charge < -0.3 is 9.84 Å². The second kappa shape index (κ2) is 5.07. The van der Waals surface area contributed by atoms with Crippen molar-refractivity contribution in [1.29, 1.82) is 0 Å². The Kier molecular flexibility index (Phi) is 3.95. The third kappa shape index (κ3) is 3.76. The molecule has 7 heteroatoms. The summed E-state index contributed by atoms with van der Waals surface area (Å²) in [5.74, 6) is -0.940. The summed E-state index contributed by atoms with van der Waals surface area (Å²) >= 11 is 0. The first kappa shape index (κ1) is 14.0. The van der Waals surface area contributed by atoms with Crippen molar-refractivity contribution in [3.05, 3.63) is 11.8 Å². The first-order chi connectivity index (χ1) is 8.23. The first-order valence-electron chi connectivity index (χ1n) is 5.54. The Labute approximate surface area is 105 Å². The minimum absolute atomic E-state index is 0.0172. The summed E-state index contributed by atoms with van der Waals surface area (Å²) in [4.78, 5) is 22.4. The normalized spacial score (nSPS) is 11.1. The lowest BCUT2D eigenvalue weighted by molar-refractivity contribution is 0.0632. The van der Waals surface area contributed by atoms with Gasteiger partial charge in [-0.15, -0.1) is 0 Å². The Balaban J connectivity index is 2.80. The average molecular weight is 255 g/mol. The van der Waals surface area contributed by atoms with E-state index in [1.165, 1.54) is 10.7 Å². The van der Waals surface area contributed by atoms with Gasteiger partial charge in [-0.25, -0.2) is 9.59 Å². The number of carboxylic acid groups (broad SMARTS) is 1. The lowest BCUT2D eigenvalue weighted by Crippen LogP contribution is -2.27. The van der Waals surface area contributed by atoms with Gasteiger partial charge in [0.2, 0.25) is 0 Å². The van der Waals surface area contributed by atoms with E-state index in [0.29, 0.717) is 6.54 Å². The van der Waals surface area contributed by atoms with E-state index in [-0.39, 0.29) is 11.5 Å². The van der Waals surface area contributed by atoms with E-state index >= 15 is 0 Å². The highest BCUT2D eigenvalue weighted by atomic mass is 16.6. The molecule has 1 heterocycles. The largest absolute Gasteiger partial charge is 0.477 e. The van der Waals surface area contributed by atoms with Crippen molar-refractivity contribution in [2.24, 2.45) is 0 Å². The number of aromatic carboxylic acids is 1. The van der Waals surface area contributed by atoms with Crippen LogP contribution in [0.3, 0.4) is 0 Å². The fourth-order valence-electron chi connectivity index (χ4n) is 1.30. The quantitative estimate of drug-likeness (QED) is 0.860. The maximum atomic E-state index is 11.5. The topological polar surface area (TPSA) is 93.5 Å². The molecule has 0 fully saturated rings. The third-order valence-corrected chi connectivity index (χ3v) is 1.93. The minimum atomic E-state index is -1.10. The molecule has 0 aliphatic rings. The number of nitrogens with zero attached hydrogens (tertiary/aromatic N) is 2. The molecule has 18 heavy (non-hydrogen) atoms. The fraction of sp³-hybridized carbons (Fsp3) is 0.545. The highest BCUT2D eigenvalue weighted by Gasteiger charge is 2.19. The van der Waals surface area contributed by atoms with E-state index in [0.717, 1.165) is 0 Å². The Hall–Kier alpha value is -2.05. The van der Waals surface area contributed by atoms with Crippen LogP contribution in [0.15, 0.2) is 6.07 Å². The van der Waals surface area contributed by atoms with Gasteiger partial charge in [0.15, 0.2) is 5.82 Å². The van der Waals surface area contributed by atoms with Crippen molar-refractivity contribution in [1.82, 2.24) is 9.78 Å². The number of rotatable bonds is 3. The minimum Gasteiger partial charge on any atom is -0.477 e. The van der Waals surface area contributed by atoms with Crippen LogP contribution in [0.1, 0.15) is 38.2 Å². The van der Waals surface area contributed by atoms with Crippen LogP contribution in [-0.2, 0) is 11.3 Å². The van der Waals surface area contributed by atoms with Crippen LogP contribution < -0.4 is 5.32 Å². The third-order valence-electron chi connectivity index (χ3n) is 1.93. The van der Waals surface area contributed by atoms with E-state index in [9.17, 15) is 9.59 Å². The van der Waals surface area contributed by atoms with Gasteiger partial charge in [-0.2, -0.15) is 5.10 Å².